The molecule has 0 saturated carbocycles. The molecule has 19 heavy (non-hydrogen) atoms. The van der Waals surface area contributed by atoms with Gasteiger partial charge in [-0.05, 0) is 44.9 Å². The van der Waals surface area contributed by atoms with E-state index in [1.807, 2.05) is 48.5 Å². The molecule has 0 spiro atoms. The second-order valence-corrected chi connectivity index (χ2v) is 5.05. The highest BCUT2D eigenvalue weighted by atomic mass is 79.9. The first-order chi connectivity index (χ1) is 9.24. The summed E-state index contributed by atoms with van der Waals surface area (Å²) < 4.78 is 0.666. The molecule has 92 valence electrons. The third-order valence-corrected chi connectivity index (χ3v) is 3.40. The maximum absolute atomic E-state index is 12.4. The van der Waals surface area contributed by atoms with Gasteiger partial charge in [-0.3, -0.25) is 4.79 Å². The van der Waals surface area contributed by atoms with Gasteiger partial charge in [0.1, 0.15) is 10.3 Å². The van der Waals surface area contributed by atoms with Crippen LogP contribution in [-0.2, 0) is 0 Å². The highest BCUT2D eigenvalue weighted by molar-refractivity contribution is 9.10. The first-order valence-corrected chi connectivity index (χ1v) is 6.69. The second-order valence-electron chi connectivity index (χ2n) is 4.24. The lowest BCUT2D eigenvalue weighted by Crippen LogP contribution is -2.03. The Labute approximate surface area is 119 Å². The number of carbonyl (C=O) groups is 1. The van der Waals surface area contributed by atoms with Crippen molar-refractivity contribution >= 4 is 32.5 Å². The van der Waals surface area contributed by atoms with Crippen molar-refractivity contribution < 1.29 is 4.79 Å². The molecule has 0 amide bonds. The number of benzene rings is 2. The van der Waals surface area contributed by atoms with E-state index in [2.05, 4.69) is 20.9 Å². The van der Waals surface area contributed by atoms with Gasteiger partial charge >= 0.3 is 0 Å². The summed E-state index contributed by atoms with van der Waals surface area (Å²) in [5, 5.41) is 2.18. The Balaban J connectivity index is 2.06. The Morgan fingerprint density at radius 1 is 0.895 bits per heavy atom. The van der Waals surface area contributed by atoms with Crippen LogP contribution < -0.4 is 0 Å². The van der Waals surface area contributed by atoms with Gasteiger partial charge in [0.15, 0.2) is 0 Å². The van der Waals surface area contributed by atoms with Gasteiger partial charge in [-0.15, -0.1) is 0 Å². The van der Waals surface area contributed by atoms with E-state index in [1.165, 1.54) is 0 Å². The standard InChI is InChI=1S/C16H10BrNO/c17-15-7-3-6-14(18-15)16(19)13-9-8-11-4-1-2-5-12(11)10-13/h1-10H. The molecule has 0 atom stereocenters. The van der Waals surface area contributed by atoms with Gasteiger partial charge in [-0.25, -0.2) is 4.98 Å². The van der Waals surface area contributed by atoms with Crippen LogP contribution in [0.1, 0.15) is 16.1 Å². The maximum atomic E-state index is 12.4. The van der Waals surface area contributed by atoms with Crippen LogP contribution in [0.5, 0.6) is 0 Å². The molecular weight excluding hydrogens is 302 g/mol. The van der Waals surface area contributed by atoms with E-state index in [-0.39, 0.29) is 5.78 Å². The molecule has 3 heteroatoms. The Bertz CT molecular complexity index is 767. The van der Waals surface area contributed by atoms with Gasteiger partial charge < -0.3 is 0 Å². The molecular formula is C16H10BrNO. The summed E-state index contributed by atoms with van der Waals surface area (Å²) >= 11 is 3.28. The number of hydrogen-bond donors (Lipinski definition) is 0. The van der Waals surface area contributed by atoms with Gasteiger partial charge in [-0.1, -0.05) is 42.5 Å². The fourth-order valence-corrected chi connectivity index (χ4v) is 2.36. The Kier molecular flexibility index (Phi) is 3.13. The van der Waals surface area contributed by atoms with Crippen molar-refractivity contribution in [3.8, 4) is 0 Å². The number of rotatable bonds is 2. The molecule has 0 saturated heterocycles. The third-order valence-electron chi connectivity index (χ3n) is 2.96. The molecule has 3 rings (SSSR count). The monoisotopic (exact) mass is 311 g/mol. The third kappa shape index (κ3) is 2.42. The average Bonchev–Trinajstić information content (AvgIpc) is 2.46. The molecule has 1 aromatic heterocycles. The van der Waals surface area contributed by atoms with Crippen molar-refractivity contribution in [1.29, 1.82) is 0 Å². The zero-order chi connectivity index (χ0) is 13.2. The number of halogens is 1. The molecule has 1 heterocycles. The predicted molar refractivity (Wildman–Crippen MR) is 79.3 cm³/mol. The molecule has 0 aliphatic carbocycles. The molecule has 0 aliphatic rings. The molecule has 0 radical (unpaired) electrons. The van der Waals surface area contributed by atoms with Crippen molar-refractivity contribution in [2.45, 2.75) is 0 Å². The first kappa shape index (κ1) is 12.1. The smallest absolute Gasteiger partial charge is 0.211 e. The molecule has 3 aromatic rings. The molecule has 2 aromatic carbocycles. The fraction of sp³-hybridized carbons (Fsp3) is 0. The summed E-state index contributed by atoms with van der Waals surface area (Å²) in [6.07, 6.45) is 0. The maximum Gasteiger partial charge on any atom is 0.211 e. The summed E-state index contributed by atoms with van der Waals surface area (Å²) in [7, 11) is 0. The summed E-state index contributed by atoms with van der Waals surface area (Å²) in [6.45, 7) is 0. The number of carbonyl (C=O) groups excluding carboxylic acids is 1. The van der Waals surface area contributed by atoms with Gasteiger partial charge in [0.25, 0.3) is 0 Å². The van der Waals surface area contributed by atoms with E-state index in [0.29, 0.717) is 15.9 Å². The first-order valence-electron chi connectivity index (χ1n) is 5.90. The van der Waals surface area contributed by atoms with Crippen LogP contribution in [-0.4, -0.2) is 10.8 Å². The summed E-state index contributed by atoms with van der Waals surface area (Å²) in [6, 6.07) is 19.0. The quantitative estimate of drug-likeness (QED) is 0.523. The Morgan fingerprint density at radius 3 is 2.47 bits per heavy atom. The molecule has 0 aliphatic heterocycles. The average molecular weight is 312 g/mol. The highest BCUT2D eigenvalue weighted by Crippen LogP contribution is 2.18. The lowest BCUT2D eigenvalue weighted by atomic mass is 10.0. The van der Waals surface area contributed by atoms with E-state index < -0.39 is 0 Å². The summed E-state index contributed by atoms with van der Waals surface area (Å²) in [4.78, 5) is 16.6. The summed E-state index contributed by atoms with van der Waals surface area (Å²) in [5.41, 5.74) is 1.11. The predicted octanol–water partition coefficient (Wildman–Crippen LogP) is 4.23. The lowest BCUT2D eigenvalue weighted by Gasteiger charge is -2.03. The van der Waals surface area contributed by atoms with Crippen molar-refractivity contribution in [3.63, 3.8) is 0 Å². The van der Waals surface area contributed by atoms with Crippen LogP contribution in [0.2, 0.25) is 0 Å². The zero-order valence-corrected chi connectivity index (χ0v) is 11.6. The number of hydrogen-bond acceptors (Lipinski definition) is 2. The van der Waals surface area contributed by atoms with Gasteiger partial charge in [0.05, 0.1) is 0 Å². The van der Waals surface area contributed by atoms with E-state index in [1.54, 1.807) is 12.1 Å². The number of aromatic nitrogens is 1. The minimum absolute atomic E-state index is 0.0629. The van der Waals surface area contributed by atoms with Gasteiger partial charge in [0.2, 0.25) is 5.78 Å². The van der Waals surface area contributed by atoms with Crippen LogP contribution in [0, 0.1) is 0 Å². The van der Waals surface area contributed by atoms with Crippen LogP contribution in [0.3, 0.4) is 0 Å². The molecule has 0 fully saturated rings. The van der Waals surface area contributed by atoms with Crippen LogP contribution in [0.4, 0.5) is 0 Å². The normalized spacial score (nSPS) is 10.6. The Morgan fingerprint density at radius 2 is 1.68 bits per heavy atom. The molecule has 2 nitrogen and oxygen atoms in total. The van der Waals surface area contributed by atoms with Crippen molar-refractivity contribution in [2.75, 3.05) is 0 Å². The highest BCUT2D eigenvalue weighted by Gasteiger charge is 2.11. The Hall–Kier alpha value is -2.00. The van der Waals surface area contributed by atoms with Crippen molar-refractivity contribution in [3.05, 3.63) is 76.5 Å². The lowest BCUT2D eigenvalue weighted by molar-refractivity contribution is 0.103. The van der Waals surface area contributed by atoms with Crippen LogP contribution in [0.15, 0.2) is 65.3 Å². The minimum Gasteiger partial charge on any atom is -0.287 e. The molecule has 0 bridgehead atoms. The number of ketones is 1. The number of pyridine rings is 1. The van der Waals surface area contributed by atoms with Gasteiger partial charge in [-0.2, -0.15) is 0 Å². The van der Waals surface area contributed by atoms with E-state index >= 15 is 0 Å². The number of nitrogens with zero attached hydrogens (tertiary/aromatic N) is 1. The van der Waals surface area contributed by atoms with E-state index in [9.17, 15) is 4.79 Å². The molecule has 0 unspecified atom stereocenters. The SMILES string of the molecule is O=C(c1ccc2ccccc2c1)c1cccc(Br)n1. The van der Waals surface area contributed by atoms with Gasteiger partial charge in [0, 0.05) is 5.56 Å². The minimum atomic E-state index is -0.0629. The largest absolute Gasteiger partial charge is 0.287 e. The summed E-state index contributed by atoms with van der Waals surface area (Å²) in [5.74, 6) is -0.0629. The zero-order valence-electron chi connectivity index (χ0n) is 10.0. The topological polar surface area (TPSA) is 30.0 Å². The number of fused-ring (bicyclic) bond motifs is 1. The van der Waals surface area contributed by atoms with Crippen LogP contribution >= 0.6 is 15.9 Å². The van der Waals surface area contributed by atoms with E-state index in [4.69, 9.17) is 0 Å². The second kappa shape index (κ2) is 4.94. The van der Waals surface area contributed by atoms with Crippen LogP contribution in [0.25, 0.3) is 10.8 Å². The van der Waals surface area contributed by atoms with Crippen molar-refractivity contribution in [1.82, 2.24) is 4.98 Å². The van der Waals surface area contributed by atoms with Crippen molar-refractivity contribution in [2.24, 2.45) is 0 Å². The van der Waals surface area contributed by atoms with E-state index in [0.717, 1.165) is 10.8 Å². The fourth-order valence-electron chi connectivity index (χ4n) is 2.01. The molecule has 0 N–H and O–H groups in total.